The number of hydrogen-bond donors (Lipinski definition) is 2. The molecule has 0 unspecified atom stereocenters. The van der Waals surface area contributed by atoms with Crippen LogP contribution in [0.5, 0.6) is 17.2 Å². The fourth-order valence-corrected chi connectivity index (χ4v) is 3.48. The number of aryl methyl sites for hydroxylation is 1. The summed E-state index contributed by atoms with van der Waals surface area (Å²) in [5.74, 6) is 1.29. The Balaban J connectivity index is 1.63. The van der Waals surface area contributed by atoms with E-state index in [4.69, 9.17) is 18.6 Å². The van der Waals surface area contributed by atoms with Crippen LogP contribution in [0.4, 0.5) is 0 Å². The van der Waals surface area contributed by atoms with Crippen molar-refractivity contribution in [2.24, 2.45) is 0 Å². The summed E-state index contributed by atoms with van der Waals surface area (Å²) >= 11 is 0. The topological polar surface area (TPSA) is 99.0 Å². The van der Waals surface area contributed by atoms with Gasteiger partial charge in [0.2, 0.25) is 0 Å². The molecule has 0 bridgehead atoms. The van der Waals surface area contributed by atoms with Gasteiger partial charge in [-0.05, 0) is 74.7 Å². The normalized spacial score (nSPS) is 11.2. The van der Waals surface area contributed by atoms with Crippen LogP contribution in [0.2, 0.25) is 0 Å². The summed E-state index contributed by atoms with van der Waals surface area (Å²) in [4.78, 5) is 25.9. The Hall–Kier alpha value is -4.20. The largest absolute Gasteiger partial charge is 0.493 e. The molecule has 2 aromatic carbocycles. The molecule has 0 aliphatic carbocycles. The number of carbonyl (C=O) groups excluding carboxylic acids is 2. The average molecular weight is 493 g/mol. The van der Waals surface area contributed by atoms with Crippen LogP contribution >= 0.6 is 0 Å². The monoisotopic (exact) mass is 492 g/mol. The number of rotatable bonds is 12. The second-order valence-electron chi connectivity index (χ2n) is 8.27. The van der Waals surface area contributed by atoms with Crippen LogP contribution in [-0.2, 0) is 11.2 Å². The van der Waals surface area contributed by atoms with Crippen LogP contribution in [0.25, 0.3) is 6.08 Å². The molecule has 0 atom stereocenters. The van der Waals surface area contributed by atoms with E-state index in [-0.39, 0.29) is 11.8 Å². The summed E-state index contributed by atoms with van der Waals surface area (Å²) in [5.41, 5.74) is 1.50. The van der Waals surface area contributed by atoms with E-state index in [0.717, 1.165) is 17.7 Å². The molecule has 2 N–H and O–H groups in total. The third-order valence-corrected chi connectivity index (χ3v) is 5.17. The van der Waals surface area contributed by atoms with Crippen molar-refractivity contribution < 1.29 is 28.2 Å². The van der Waals surface area contributed by atoms with Gasteiger partial charge in [0.05, 0.1) is 26.6 Å². The first-order chi connectivity index (χ1) is 17.4. The van der Waals surface area contributed by atoms with E-state index in [1.807, 2.05) is 38.1 Å². The SMILES string of the molecule is COc1ccc(C(=O)N/C(=C\c2ccco2)C(=O)NCCCc2cccc(OC(C)C)c2)cc1OC. The summed E-state index contributed by atoms with van der Waals surface area (Å²) in [5, 5.41) is 5.55. The minimum Gasteiger partial charge on any atom is -0.493 e. The summed E-state index contributed by atoms with van der Waals surface area (Å²) in [7, 11) is 3.01. The second kappa shape index (κ2) is 13.0. The molecule has 0 spiro atoms. The number of carbonyl (C=O) groups is 2. The van der Waals surface area contributed by atoms with Gasteiger partial charge in [0.25, 0.3) is 11.8 Å². The fourth-order valence-electron chi connectivity index (χ4n) is 3.48. The van der Waals surface area contributed by atoms with Crippen LogP contribution in [0.1, 0.15) is 41.9 Å². The summed E-state index contributed by atoms with van der Waals surface area (Å²) in [6.07, 6.45) is 4.57. The molecule has 3 aromatic rings. The van der Waals surface area contributed by atoms with Gasteiger partial charge >= 0.3 is 0 Å². The maximum absolute atomic E-state index is 12.9. The maximum Gasteiger partial charge on any atom is 0.267 e. The van der Waals surface area contributed by atoms with Crippen molar-refractivity contribution in [1.29, 1.82) is 0 Å². The first-order valence-corrected chi connectivity index (χ1v) is 11.7. The Bertz CT molecular complexity index is 1180. The molecule has 36 heavy (non-hydrogen) atoms. The van der Waals surface area contributed by atoms with Crippen molar-refractivity contribution in [3.8, 4) is 17.2 Å². The number of benzene rings is 2. The highest BCUT2D eigenvalue weighted by Gasteiger charge is 2.17. The fraction of sp³-hybridized carbons (Fsp3) is 0.286. The van der Waals surface area contributed by atoms with Crippen molar-refractivity contribution in [1.82, 2.24) is 10.6 Å². The molecule has 2 amide bonds. The molecule has 8 nitrogen and oxygen atoms in total. The van der Waals surface area contributed by atoms with E-state index in [1.165, 1.54) is 26.6 Å². The Morgan fingerprint density at radius 1 is 1.00 bits per heavy atom. The number of amides is 2. The number of ether oxygens (including phenoxy) is 3. The van der Waals surface area contributed by atoms with Crippen LogP contribution in [0, 0.1) is 0 Å². The minimum atomic E-state index is -0.467. The Kier molecular flexibility index (Phi) is 9.56. The first kappa shape index (κ1) is 26.4. The van der Waals surface area contributed by atoms with Crippen molar-refractivity contribution >= 4 is 17.9 Å². The molecule has 0 aliphatic rings. The Morgan fingerprint density at radius 3 is 2.50 bits per heavy atom. The van der Waals surface area contributed by atoms with E-state index < -0.39 is 11.8 Å². The standard InChI is InChI=1S/C28H32N2O6/c1-19(2)36-23-10-5-8-20(16-23)9-6-14-29-28(32)24(18-22-11-7-15-35-22)30-27(31)21-12-13-25(33-3)26(17-21)34-4/h5,7-8,10-13,15-19H,6,9,14H2,1-4H3,(H,29,32)(H,30,31)/b24-18-. The highest BCUT2D eigenvalue weighted by Crippen LogP contribution is 2.27. The molecule has 1 heterocycles. The quantitative estimate of drug-likeness (QED) is 0.283. The lowest BCUT2D eigenvalue weighted by Crippen LogP contribution is -2.35. The number of nitrogens with one attached hydrogen (secondary N) is 2. The molecule has 3 rings (SSSR count). The van der Waals surface area contributed by atoms with Gasteiger partial charge in [0, 0.05) is 18.2 Å². The molecule has 190 valence electrons. The lowest BCUT2D eigenvalue weighted by atomic mass is 10.1. The van der Waals surface area contributed by atoms with Crippen LogP contribution in [-0.4, -0.2) is 38.7 Å². The van der Waals surface area contributed by atoms with Gasteiger partial charge in [0.15, 0.2) is 11.5 Å². The third kappa shape index (κ3) is 7.66. The average Bonchev–Trinajstić information content (AvgIpc) is 3.38. The van der Waals surface area contributed by atoms with Gasteiger partial charge in [-0.3, -0.25) is 9.59 Å². The van der Waals surface area contributed by atoms with Gasteiger partial charge < -0.3 is 29.3 Å². The smallest absolute Gasteiger partial charge is 0.267 e. The Morgan fingerprint density at radius 2 is 1.81 bits per heavy atom. The highest BCUT2D eigenvalue weighted by molar-refractivity contribution is 6.05. The van der Waals surface area contributed by atoms with Gasteiger partial charge in [-0.1, -0.05) is 12.1 Å². The van der Waals surface area contributed by atoms with Crippen molar-refractivity contribution in [3.05, 3.63) is 83.4 Å². The van der Waals surface area contributed by atoms with Crippen molar-refractivity contribution in [2.75, 3.05) is 20.8 Å². The van der Waals surface area contributed by atoms with Gasteiger partial charge in [0.1, 0.15) is 17.2 Å². The number of furan rings is 1. The zero-order chi connectivity index (χ0) is 25.9. The predicted molar refractivity (Wildman–Crippen MR) is 137 cm³/mol. The van der Waals surface area contributed by atoms with Gasteiger partial charge in [-0.25, -0.2) is 0 Å². The summed E-state index contributed by atoms with van der Waals surface area (Å²) in [6, 6.07) is 16.1. The number of methoxy groups -OCH3 is 2. The molecule has 0 saturated heterocycles. The molecule has 0 radical (unpaired) electrons. The van der Waals surface area contributed by atoms with Crippen LogP contribution in [0.3, 0.4) is 0 Å². The van der Waals surface area contributed by atoms with E-state index in [2.05, 4.69) is 10.6 Å². The molecule has 8 heteroatoms. The lowest BCUT2D eigenvalue weighted by Gasteiger charge is -2.13. The second-order valence-corrected chi connectivity index (χ2v) is 8.27. The summed E-state index contributed by atoms with van der Waals surface area (Å²) < 4.78 is 21.6. The zero-order valence-electron chi connectivity index (χ0n) is 21.0. The van der Waals surface area contributed by atoms with Gasteiger partial charge in [-0.15, -0.1) is 0 Å². The van der Waals surface area contributed by atoms with Crippen molar-refractivity contribution in [2.45, 2.75) is 32.8 Å². The predicted octanol–water partition coefficient (Wildman–Crippen LogP) is 4.60. The molecular formula is C28H32N2O6. The zero-order valence-corrected chi connectivity index (χ0v) is 21.0. The van der Waals surface area contributed by atoms with E-state index in [0.29, 0.717) is 35.8 Å². The molecule has 1 aromatic heterocycles. The minimum absolute atomic E-state index is 0.0667. The maximum atomic E-state index is 12.9. The number of hydrogen-bond acceptors (Lipinski definition) is 6. The van der Waals surface area contributed by atoms with Gasteiger partial charge in [-0.2, -0.15) is 0 Å². The van der Waals surface area contributed by atoms with Crippen molar-refractivity contribution in [3.63, 3.8) is 0 Å². The first-order valence-electron chi connectivity index (χ1n) is 11.7. The molecule has 0 aliphatic heterocycles. The van der Waals surface area contributed by atoms with E-state index >= 15 is 0 Å². The van der Waals surface area contributed by atoms with E-state index in [9.17, 15) is 9.59 Å². The van der Waals surface area contributed by atoms with Crippen LogP contribution < -0.4 is 24.8 Å². The summed E-state index contributed by atoms with van der Waals surface area (Å²) in [6.45, 7) is 4.40. The molecule has 0 saturated carbocycles. The third-order valence-electron chi connectivity index (χ3n) is 5.17. The molecular weight excluding hydrogens is 460 g/mol. The molecule has 0 fully saturated rings. The lowest BCUT2D eigenvalue weighted by molar-refractivity contribution is -0.117. The van der Waals surface area contributed by atoms with Crippen LogP contribution in [0.15, 0.2) is 71.0 Å². The van der Waals surface area contributed by atoms with E-state index in [1.54, 1.807) is 30.3 Å². The Labute approximate surface area is 211 Å². The highest BCUT2D eigenvalue weighted by atomic mass is 16.5.